The van der Waals surface area contributed by atoms with Crippen molar-refractivity contribution in [2.24, 2.45) is 0 Å². The third-order valence-electron chi connectivity index (χ3n) is 3.18. The zero-order chi connectivity index (χ0) is 12.6. The lowest BCUT2D eigenvalue weighted by Gasteiger charge is -2.34. The molecule has 1 unspecified atom stereocenters. The molecule has 0 aromatic heterocycles. The number of sulfonamides is 1. The molecular weight excluding hydrogens is 238 g/mol. The van der Waals surface area contributed by atoms with Gasteiger partial charge in [-0.1, -0.05) is 18.2 Å². The van der Waals surface area contributed by atoms with Crippen LogP contribution in [0.2, 0.25) is 0 Å². The van der Waals surface area contributed by atoms with Gasteiger partial charge in [-0.05, 0) is 25.8 Å². The molecule has 1 aliphatic rings. The van der Waals surface area contributed by atoms with Crippen LogP contribution in [0.1, 0.15) is 30.6 Å². The summed E-state index contributed by atoms with van der Waals surface area (Å²) in [7, 11) is -3.26. The highest BCUT2D eigenvalue weighted by molar-refractivity contribution is 7.92. The highest BCUT2D eigenvalue weighted by Crippen LogP contribution is 2.37. The number of anilines is 1. The molecule has 0 aliphatic carbocycles. The second-order valence-electron chi connectivity index (χ2n) is 4.29. The molecule has 1 atom stereocenters. The Hall–Kier alpha value is -1.07. The molecule has 0 spiro atoms. The molecule has 0 fully saturated rings. The van der Waals surface area contributed by atoms with Gasteiger partial charge in [0.1, 0.15) is 0 Å². The summed E-state index contributed by atoms with van der Waals surface area (Å²) in [5, 5.41) is 9.92. The number of nitrogens with zero attached hydrogens (tertiary/aromatic N) is 1. The van der Waals surface area contributed by atoms with E-state index in [0.717, 1.165) is 5.56 Å². The van der Waals surface area contributed by atoms with Gasteiger partial charge in [-0.3, -0.25) is 4.31 Å². The molecule has 0 amide bonds. The first-order valence-electron chi connectivity index (χ1n) is 5.75. The summed E-state index contributed by atoms with van der Waals surface area (Å²) >= 11 is 0. The van der Waals surface area contributed by atoms with Crippen LogP contribution in [0.4, 0.5) is 5.69 Å². The summed E-state index contributed by atoms with van der Waals surface area (Å²) in [5.74, 6) is 0.0802. The van der Waals surface area contributed by atoms with Crippen molar-refractivity contribution in [2.45, 2.75) is 26.4 Å². The molecule has 0 bridgehead atoms. The van der Waals surface area contributed by atoms with Gasteiger partial charge in [0.05, 0.1) is 17.5 Å². The first-order chi connectivity index (χ1) is 7.97. The quantitative estimate of drug-likeness (QED) is 0.873. The van der Waals surface area contributed by atoms with Gasteiger partial charge >= 0.3 is 0 Å². The van der Waals surface area contributed by atoms with Crippen molar-refractivity contribution in [1.82, 2.24) is 0 Å². The third kappa shape index (κ3) is 2.05. The van der Waals surface area contributed by atoms with Crippen LogP contribution in [-0.2, 0) is 10.0 Å². The third-order valence-corrected chi connectivity index (χ3v) is 4.95. The summed E-state index contributed by atoms with van der Waals surface area (Å²) < 4.78 is 25.5. The normalized spacial score (nSPS) is 20.2. The van der Waals surface area contributed by atoms with Gasteiger partial charge in [0.25, 0.3) is 0 Å². The molecule has 1 heterocycles. The SMILES string of the molecule is CCS(=O)(=O)N1CCC(O)c2cccc(C)c21. The lowest BCUT2D eigenvalue weighted by atomic mass is 9.98. The van der Waals surface area contributed by atoms with E-state index in [2.05, 4.69) is 0 Å². The smallest absolute Gasteiger partial charge is 0.234 e. The number of hydrogen-bond donors (Lipinski definition) is 1. The van der Waals surface area contributed by atoms with Crippen molar-refractivity contribution in [3.05, 3.63) is 29.3 Å². The number of aliphatic hydroxyl groups is 1. The Labute approximate surface area is 102 Å². The molecule has 1 aromatic rings. The minimum atomic E-state index is -3.26. The van der Waals surface area contributed by atoms with E-state index in [9.17, 15) is 13.5 Å². The summed E-state index contributed by atoms with van der Waals surface area (Å²) in [6.45, 7) is 3.86. The highest BCUT2D eigenvalue weighted by atomic mass is 32.2. The predicted molar refractivity (Wildman–Crippen MR) is 67.6 cm³/mol. The van der Waals surface area contributed by atoms with E-state index in [-0.39, 0.29) is 5.75 Å². The Morgan fingerprint density at radius 3 is 2.82 bits per heavy atom. The molecule has 2 rings (SSSR count). The van der Waals surface area contributed by atoms with Crippen molar-refractivity contribution in [2.75, 3.05) is 16.6 Å². The minimum absolute atomic E-state index is 0.0802. The van der Waals surface area contributed by atoms with Crippen LogP contribution in [-0.4, -0.2) is 25.8 Å². The number of rotatable bonds is 2. The van der Waals surface area contributed by atoms with Gasteiger partial charge in [-0.25, -0.2) is 8.42 Å². The summed E-state index contributed by atoms with van der Waals surface area (Å²) in [4.78, 5) is 0. The number of para-hydroxylation sites is 1. The summed E-state index contributed by atoms with van der Waals surface area (Å²) in [6, 6.07) is 5.51. The Morgan fingerprint density at radius 1 is 1.47 bits per heavy atom. The highest BCUT2D eigenvalue weighted by Gasteiger charge is 2.31. The maximum absolute atomic E-state index is 12.0. The average Bonchev–Trinajstić information content (AvgIpc) is 2.30. The topological polar surface area (TPSA) is 57.6 Å². The zero-order valence-electron chi connectivity index (χ0n) is 10.0. The van der Waals surface area contributed by atoms with Crippen LogP contribution >= 0.6 is 0 Å². The Morgan fingerprint density at radius 2 is 2.18 bits per heavy atom. The fraction of sp³-hybridized carbons (Fsp3) is 0.500. The van der Waals surface area contributed by atoms with E-state index >= 15 is 0 Å². The second-order valence-corrected chi connectivity index (χ2v) is 6.47. The minimum Gasteiger partial charge on any atom is -0.388 e. The Kier molecular flexibility index (Phi) is 3.14. The van der Waals surface area contributed by atoms with Crippen molar-refractivity contribution in [3.8, 4) is 0 Å². The fourth-order valence-electron chi connectivity index (χ4n) is 2.23. The molecule has 17 heavy (non-hydrogen) atoms. The monoisotopic (exact) mass is 255 g/mol. The molecule has 5 heteroatoms. The number of hydrogen-bond acceptors (Lipinski definition) is 3. The van der Waals surface area contributed by atoms with E-state index in [1.54, 1.807) is 13.0 Å². The molecule has 1 aromatic carbocycles. The zero-order valence-corrected chi connectivity index (χ0v) is 10.9. The molecule has 0 saturated carbocycles. The van der Waals surface area contributed by atoms with Crippen LogP contribution in [0.3, 0.4) is 0 Å². The maximum Gasteiger partial charge on any atom is 0.234 e. The van der Waals surface area contributed by atoms with Crippen LogP contribution in [0.15, 0.2) is 18.2 Å². The van der Waals surface area contributed by atoms with Crippen LogP contribution in [0.25, 0.3) is 0 Å². The first-order valence-corrected chi connectivity index (χ1v) is 7.36. The predicted octanol–water partition coefficient (Wildman–Crippen LogP) is 1.59. The van der Waals surface area contributed by atoms with Gasteiger partial charge < -0.3 is 5.11 Å². The van der Waals surface area contributed by atoms with Crippen molar-refractivity contribution >= 4 is 15.7 Å². The van der Waals surface area contributed by atoms with E-state index in [0.29, 0.717) is 24.2 Å². The molecular formula is C12H17NO3S. The van der Waals surface area contributed by atoms with Crippen LogP contribution < -0.4 is 4.31 Å². The summed E-state index contributed by atoms with van der Waals surface area (Å²) in [6.07, 6.45) is -0.108. The first kappa shape index (κ1) is 12.4. The number of aliphatic hydroxyl groups excluding tert-OH is 1. The largest absolute Gasteiger partial charge is 0.388 e. The van der Waals surface area contributed by atoms with Gasteiger partial charge in [-0.2, -0.15) is 0 Å². The average molecular weight is 255 g/mol. The molecule has 4 nitrogen and oxygen atoms in total. The van der Waals surface area contributed by atoms with Crippen LogP contribution in [0, 0.1) is 6.92 Å². The van der Waals surface area contributed by atoms with E-state index in [1.807, 2.05) is 19.1 Å². The van der Waals surface area contributed by atoms with Gasteiger partial charge in [-0.15, -0.1) is 0 Å². The van der Waals surface area contributed by atoms with Gasteiger partial charge in [0.2, 0.25) is 10.0 Å². The molecule has 1 N–H and O–H groups in total. The van der Waals surface area contributed by atoms with E-state index in [1.165, 1.54) is 4.31 Å². The fourth-order valence-corrected chi connectivity index (χ4v) is 3.45. The van der Waals surface area contributed by atoms with Gasteiger partial charge in [0.15, 0.2) is 0 Å². The number of aryl methyl sites for hydroxylation is 1. The Bertz CT molecular complexity index is 525. The molecule has 1 aliphatic heterocycles. The Balaban J connectivity index is 2.60. The lowest BCUT2D eigenvalue weighted by molar-refractivity contribution is 0.166. The second kappa shape index (κ2) is 4.31. The lowest BCUT2D eigenvalue weighted by Crippen LogP contribution is -2.38. The van der Waals surface area contributed by atoms with Crippen molar-refractivity contribution < 1.29 is 13.5 Å². The molecule has 94 valence electrons. The van der Waals surface area contributed by atoms with Crippen molar-refractivity contribution in [1.29, 1.82) is 0 Å². The maximum atomic E-state index is 12.0. The van der Waals surface area contributed by atoms with E-state index in [4.69, 9.17) is 0 Å². The number of benzene rings is 1. The molecule has 0 radical (unpaired) electrons. The van der Waals surface area contributed by atoms with Crippen molar-refractivity contribution in [3.63, 3.8) is 0 Å². The standard InChI is InChI=1S/C12H17NO3S/c1-3-17(15,16)13-8-7-11(14)10-6-4-5-9(2)12(10)13/h4-6,11,14H,3,7-8H2,1-2H3. The summed E-state index contributed by atoms with van der Waals surface area (Å²) in [5.41, 5.74) is 2.26. The number of fused-ring (bicyclic) bond motifs is 1. The van der Waals surface area contributed by atoms with Crippen LogP contribution in [0.5, 0.6) is 0 Å². The van der Waals surface area contributed by atoms with E-state index < -0.39 is 16.1 Å². The van der Waals surface area contributed by atoms with Gasteiger partial charge in [0, 0.05) is 12.1 Å². The molecule has 0 saturated heterocycles.